The Morgan fingerprint density at radius 1 is 1.45 bits per heavy atom. The highest BCUT2D eigenvalue weighted by Crippen LogP contribution is 2.34. The Morgan fingerprint density at radius 3 is 2.80 bits per heavy atom. The molecule has 0 aliphatic carbocycles. The van der Waals surface area contributed by atoms with Crippen LogP contribution in [0.1, 0.15) is 32.3 Å². The van der Waals surface area contributed by atoms with E-state index in [1.807, 2.05) is 38.4 Å². The fourth-order valence-corrected chi connectivity index (χ4v) is 2.86. The summed E-state index contributed by atoms with van der Waals surface area (Å²) >= 11 is 0. The third-order valence-corrected chi connectivity index (χ3v) is 4.54. The van der Waals surface area contributed by atoms with Crippen molar-refractivity contribution in [2.75, 3.05) is 19.6 Å². The minimum atomic E-state index is -0.682. The molecule has 1 N–H and O–H groups in total. The van der Waals surface area contributed by atoms with E-state index in [1.54, 1.807) is 0 Å². The minimum absolute atomic E-state index is 0.242. The second-order valence-electron chi connectivity index (χ2n) is 6.27. The molecule has 0 amide bonds. The first-order valence-electron chi connectivity index (χ1n) is 7.35. The predicted octanol–water partition coefficient (Wildman–Crippen LogP) is 2.45. The first-order chi connectivity index (χ1) is 9.50. The molecule has 110 valence electrons. The van der Waals surface area contributed by atoms with Crippen LogP contribution in [0.25, 0.3) is 0 Å². The molecule has 0 spiro atoms. The summed E-state index contributed by atoms with van der Waals surface area (Å²) < 4.78 is 0. The molecule has 1 aliphatic rings. The normalized spacial score (nSPS) is 20.8. The summed E-state index contributed by atoms with van der Waals surface area (Å²) in [5.41, 5.74) is 0.662. The zero-order valence-electron chi connectivity index (χ0n) is 12.4. The summed E-state index contributed by atoms with van der Waals surface area (Å²) in [6.07, 6.45) is 6.76. The summed E-state index contributed by atoms with van der Waals surface area (Å²) in [4.78, 5) is 17.8. The van der Waals surface area contributed by atoms with Crippen LogP contribution in [0, 0.1) is 11.3 Å². The zero-order valence-corrected chi connectivity index (χ0v) is 12.4. The van der Waals surface area contributed by atoms with Crippen molar-refractivity contribution < 1.29 is 9.90 Å². The number of aliphatic carboxylic acids is 1. The molecule has 0 bridgehead atoms. The number of carboxylic acid groups (broad SMARTS) is 1. The SMILES string of the molecule is CC(C)(C(=O)O)C1CCCN(CCc2ccncc2)C1. The summed E-state index contributed by atoms with van der Waals surface area (Å²) in [6, 6.07) is 4.09. The van der Waals surface area contributed by atoms with E-state index >= 15 is 0 Å². The van der Waals surface area contributed by atoms with Crippen molar-refractivity contribution in [1.29, 1.82) is 0 Å². The van der Waals surface area contributed by atoms with Crippen LogP contribution in [-0.2, 0) is 11.2 Å². The van der Waals surface area contributed by atoms with Crippen LogP contribution < -0.4 is 0 Å². The number of carbonyl (C=O) groups is 1. The molecule has 2 rings (SSSR count). The average Bonchev–Trinajstić information content (AvgIpc) is 2.46. The lowest BCUT2D eigenvalue weighted by atomic mass is 9.74. The Morgan fingerprint density at radius 2 is 2.15 bits per heavy atom. The zero-order chi connectivity index (χ0) is 14.6. The van der Waals surface area contributed by atoms with E-state index in [4.69, 9.17) is 0 Å². The van der Waals surface area contributed by atoms with Crippen LogP contribution in [0.15, 0.2) is 24.5 Å². The van der Waals surface area contributed by atoms with Gasteiger partial charge in [0.05, 0.1) is 5.41 Å². The maximum Gasteiger partial charge on any atom is 0.309 e. The number of pyridine rings is 1. The highest BCUT2D eigenvalue weighted by molar-refractivity contribution is 5.74. The summed E-state index contributed by atoms with van der Waals surface area (Å²) in [7, 11) is 0. The van der Waals surface area contributed by atoms with Gasteiger partial charge in [0.2, 0.25) is 0 Å². The van der Waals surface area contributed by atoms with Crippen molar-refractivity contribution in [3.05, 3.63) is 30.1 Å². The third-order valence-electron chi connectivity index (χ3n) is 4.54. The van der Waals surface area contributed by atoms with Crippen molar-refractivity contribution in [2.24, 2.45) is 11.3 Å². The first kappa shape index (κ1) is 15.0. The lowest BCUT2D eigenvalue weighted by Crippen LogP contribution is -2.45. The van der Waals surface area contributed by atoms with E-state index in [0.717, 1.165) is 38.9 Å². The number of carboxylic acids is 1. The number of rotatable bonds is 5. The van der Waals surface area contributed by atoms with E-state index in [0.29, 0.717) is 0 Å². The molecule has 1 fully saturated rings. The maximum atomic E-state index is 11.4. The van der Waals surface area contributed by atoms with E-state index in [9.17, 15) is 9.90 Å². The fraction of sp³-hybridized carbons (Fsp3) is 0.625. The first-order valence-corrected chi connectivity index (χ1v) is 7.35. The fourth-order valence-electron chi connectivity index (χ4n) is 2.86. The molecule has 1 atom stereocenters. The van der Waals surface area contributed by atoms with Gasteiger partial charge in [-0.3, -0.25) is 9.78 Å². The van der Waals surface area contributed by atoms with Gasteiger partial charge in [0.15, 0.2) is 0 Å². The van der Waals surface area contributed by atoms with E-state index in [-0.39, 0.29) is 5.92 Å². The second-order valence-corrected chi connectivity index (χ2v) is 6.27. The molecule has 0 radical (unpaired) electrons. The van der Waals surface area contributed by atoms with Crippen molar-refractivity contribution >= 4 is 5.97 Å². The Bertz CT molecular complexity index is 445. The average molecular weight is 276 g/mol. The topological polar surface area (TPSA) is 53.4 Å². The number of piperidine rings is 1. The molecule has 1 saturated heterocycles. The Hall–Kier alpha value is -1.42. The van der Waals surface area contributed by atoms with Gasteiger partial charge in [0.25, 0.3) is 0 Å². The van der Waals surface area contributed by atoms with Crippen LogP contribution in [0.4, 0.5) is 0 Å². The number of hydrogen-bond acceptors (Lipinski definition) is 3. The summed E-state index contributed by atoms with van der Waals surface area (Å²) in [6.45, 7) is 6.68. The van der Waals surface area contributed by atoms with Gasteiger partial charge in [-0.15, -0.1) is 0 Å². The smallest absolute Gasteiger partial charge is 0.309 e. The number of hydrogen-bond donors (Lipinski definition) is 1. The molecule has 1 unspecified atom stereocenters. The van der Waals surface area contributed by atoms with E-state index < -0.39 is 11.4 Å². The van der Waals surface area contributed by atoms with Gasteiger partial charge in [-0.25, -0.2) is 0 Å². The Labute approximate surface area is 120 Å². The summed E-state index contributed by atoms with van der Waals surface area (Å²) in [5.74, 6) is -0.440. The number of aromatic nitrogens is 1. The van der Waals surface area contributed by atoms with Crippen LogP contribution in [-0.4, -0.2) is 40.6 Å². The van der Waals surface area contributed by atoms with Crippen LogP contribution in [0.2, 0.25) is 0 Å². The molecular weight excluding hydrogens is 252 g/mol. The van der Waals surface area contributed by atoms with Crippen LogP contribution >= 0.6 is 0 Å². The van der Waals surface area contributed by atoms with E-state index in [2.05, 4.69) is 9.88 Å². The lowest BCUT2D eigenvalue weighted by Gasteiger charge is -2.39. The van der Waals surface area contributed by atoms with Crippen molar-refractivity contribution in [3.8, 4) is 0 Å². The van der Waals surface area contributed by atoms with Crippen molar-refractivity contribution in [3.63, 3.8) is 0 Å². The van der Waals surface area contributed by atoms with Gasteiger partial charge in [-0.2, -0.15) is 0 Å². The molecule has 0 aromatic carbocycles. The van der Waals surface area contributed by atoms with Gasteiger partial charge in [-0.05, 0) is 63.3 Å². The number of nitrogens with zero attached hydrogens (tertiary/aromatic N) is 2. The van der Waals surface area contributed by atoms with Gasteiger partial charge in [-0.1, -0.05) is 0 Å². The Kier molecular flexibility index (Phi) is 4.76. The predicted molar refractivity (Wildman–Crippen MR) is 78.5 cm³/mol. The van der Waals surface area contributed by atoms with Crippen LogP contribution in [0.3, 0.4) is 0 Å². The van der Waals surface area contributed by atoms with Crippen molar-refractivity contribution in [1.82, 2.24) is 9.88 Å². The molecule has 0 saturated carbocycles. The van der Waals surface area contributed by atoms with Crippen molar-refractivity contribution in [2.45, 2.75) is 33.1 Å². The minimum Gasteiger partial charge on any atom is -0.481 e. The molecule has 4 nitrogen and oxygen atoms in total. The largest absolute Gasteiger partial charge is 0.481 e. The van der Waals surface area contributed by atoms with E-state index in [1.165, 1.54) is 5.56 Å². The highest BCUT2D eigenvalue weighted by Gasteiger charge is 2.38. The van der Waals surface area contributed by atoms with Gasteiger partial charge in [0, 0.05) is 25.5 Å². The quantitative estimate of drug-likeness (QED) is 0.897. The van der Waals surface area contributed by atoms with Gasteiger partial charge < -0.3 is 10.0 Å². The highest BCUT2D eigenvalue weighted by atomic mass is 16.4. The van der Waals surface area contributed by atoms with Gasteiger partial charge >= 0.3 is 5.97 Å². The molecule has 1 aliphatic heterocycles. The molecule has 1 aromatic heterocycles. The molecule has 2 heterocycles. The van der Waals surface area contributed by atoms with Gasteiger partial charge in [0.1, 0.15) is 0 Å². The number of likely N-dealkylation sites (tertiary alicyclic amines) is 1. The summed E-state index contributed by atoms with van der Waals surface area (Å²) in [5, 5.41) is 9.36. The molecular formula is C16H24N2O2. The monoisotopic (exact) mass is 276 g/mol. The second kappa shape index (κ2) is 6.35. The molecule has 1 aromatic rings. The lowest BCUT2D eigenvalue weighted by molar-refractivity contribution is -0.151. The standard InChI is InChI=1S/C16H24N2O2/c1-16(2,15(19)20)14-4-3-10-18(12-14)11-7-13-5-8-17-9-6-13/h5-6,8-9,14H,3-4,7,10-12H2,1-2H3,(H,19,20). The maximum absolute atomic E-state index is 11.4. The third kappa shape index (κ3) is 3.57. The molecule has 4 heteroatoms. The van der Waals surface area contributed by atoms with Crippen LogP contribution in [0.5, 0.6) is 0 Å². The molecule has 20 heavy (non-hydrogen) atoms. The Balaban J connectivity index is 1.89.